The summed E-state index contributed by atoms with van der Waals surface area (Å²) < 4.78 is 5.83. The SMILES string of the molecule is C1CCCC1.C=C(O)c1ccccc1.C=CN(c1ncnc(NC(=O)NCC)c1C)C(C)OC(CC)C(C)=O.CC=O.CN. The fraction of sp³-hybridized carbons (Fsp3) is 0.485. The molecule has 1 heterocycles. The molecule has 246 valence electrons. The molecular weight excluding hydrogens is 560 g/mol. The lowest BCUT2D eigenvalue weighted by molar-refractivity contribution is -0.131. The fourth-order valence-electron chi connectivity index (χ4n) is 3.84. The molecule has 1 fully saturated rings. The number of ether oxygens (including phenoxy) is 1. The summed E-state index contributed by atoms with van der Waals surface area (Å²) in [5, 5.41) is 14.2. The number of urea groups is 1. The summed E-state index contributed by atoms with van der Waals surface area (Å²) in [4.78, 5) is 42.2. The van der Waals surface area contributed by atoms with Gasteiger partial charge in [-0.3, -0.25) is 10.1 Å². The van der Waals surface area contributed by atoms with Crippen LogP contribution in [0, 0.1) is 6.92 Å². The third-order valence-corrected chi connectivity index (χ3v) is 6.00. The van der Waals surface area contributed by atoms with E-state index in [1.807, 2.05) is 51.1 Å². The highest BCUT2D eigenvalue weighted by Gasteiger charge is 2.23. The van der Waals surface area contributed by atoms with Gasteiger partial charge in [-0.25, -0.2) is 14.8 Å². The number of rotatable bonds is 10. The number of anilines is 2. The van der Waals surface area contributed by atoms with Gasteiger partial charge in [-0.15, -0.1) is 0 Å². The minimum Gasteiger partial charge on any atom is -0.508 e. The van der Waals surface area contributed by atoms with E-state index in [0.717, 1.165) is 11.8 Å². The third-order valence-electron chi connectivity index (χ3n) is 6.00. The van der Waals surface area contributed by atoms with Gasteiger partial charge in [0.25, 0.3) is 0 Å². The summed E-state index contributed by atoms with van der Waals surface area (Å²) in [6.07, 6.45) is 10.8. The highest BCUT2D eigenvalue weighted by atomic mass is 16.5. The molecular formula is C33H54N6O5. The first-order valence-corrected chi connectivity index (χ1v) is 14.9. The Morgan fingerprint density at radius 2 is 1.64 bits per heavy atom. The number of ketones is 1. The molecule has 1 saturated carbocycles. The standard InChI is InChI=1S/C17H27N5O3.C8H8O.C5H10.C2H4O.CH5N/c1-7-14(12(5)23)25-13(6)22(9-3)16-11(4)15(19-10-20-16)21-17(24)18-8-2;1-7(9)8-5-3-2-4-6-8;1-2-4-5-3-1;1-2-3;1-2/h9-10,13-14H,3,7-8H2,1-2,4-6H3,(H2,18,19,20,21,24);2-6,9H,1H2;1-5H2;2H,1H3;2H2,1H3. The Hall–Kier alpha value is -4.09. The van der Waals surface area contributed by atoms with Crippen LogP contribution in [0.2, 0.25) is 0 Å². The number of Topliss-reactive ketones (excluding diaryl/α,β-unsaturated/α-hetero) is 1. The number of carbonyl (C=O) groups is 3. The van der Waals surface area contributed by atoms with Crippen molar-refractivity contribution in [3.63, 3.8) is 0 Å². The van der Waals surface area contributed by atoms with Gasteiger partial charge in [0.15, 0.2) is 5.78 Å². The van der Waals surface area contributed by atoms with E-state index in [9.17, 15) is 9.59 Å². The van der Waals surface area contributed by atoms with Crippen molar-refractivity contribution in [1.82, 2.24) is 15.3 Å². The lowest BCUT2D eigenvalue weighted by atomic mass is 10.2. The van der Waals surface area contributed by atoms with E-state index >= 15 is 0 Å². The zero-order chi connectivity index (χ0) is 33.9. The maximum Gasteiger partial charge on any atom is 0.320 e. The average molecular weight is 615 g/mol. The second kappa shape index (κ2) is 26.5. The molecule has 2 atom stereocenters. The monoisotopic (exact) mass is 614 g/mol. The number of nitrogens with zero attached hydrogens (tertiary/aromatic N) is 3. The van der Waals surface area contributed by atoms with Crippen molar-refractivity contribution in [3.05, 3.63) is 67.1 Å². The van der Waals surface area contributed by atoms with Gasteiger partial charge < -0.3 is 30.6 Å². The van der Waals surface area contributed by atoms with Crippen LogP contribution < -0.4 is 21.3 Å². The van der Waals surface area contributed by atoms with Crippen molar-refractivity contribution in [3.8, 4) is 0 Å². The highest BCUT2D eigenvalue weighted by Crippen LogP contribution is 2.25. The number of aromatic nitrogens is 2. The molecule has 11 heteroatoms. The highest BCUT2D eigenvalue weighted by molar-refractivity contribution is 5.89. The Bertz CT molecular complexity index is 1090. The van der Waals surface area contributed by atoms with Crippen molar-refractivity contribution < 1.29 is 24.2 Å². The minimum absolute atomic E-state index is 0.0311. The molecule has 5 N–H and O–H groups in total. The Morgan fingerprint density at radius 1 is 1.11 bits per heavy atom. The minimum atomic E-state index is -0.493. The van der Waals surface area contributed by atoms with E-state index in [1.165, 1.54) is 59.3 Å². The fourth-order valence-corrected chi connectivity index (χ4v) is 3.84. The molecule has 1 aromatic carbocycles. The molecule has 0 radical (unpaired) electrons. The molecule has 0 spiro atoms. The Labute approximate surface area is 264 Å². The summed E-state index contributed by atoms with van der Waals surface area (Å²) in [5.41, 5.74) is 5.94. The van der Waals surface area contributed by atoms with Crippen molar-refractivity contribution in [2.24, 2.45) is 5.73 Å². The molecule has 1 aliphatic rings. The Balaban J connectivity index is 0. The van der Waals surface area contributed by atoms with Gasteiger partial charge in [0.1, 0.15) is 42.3 Å². The van der Waals surface area contributed by atoms with Gasteiger partial charge in [0.05, 0.1) is 0 Å². The van der Waals surface area contributed by atoms with Gasteiger partial charge >= 0.3 is 6.03 Å². The van der Waals surface area contributed by atoms with Gasteiger partial charge in [-0.05, 0) is 48.1 Å². The smallest absolute Gasteiger partial charge is 0.320 e. The number of aldehydes is 1. The molecule has 0 aliphatic heterocycles. The summed E-state index contributed by atoms with van der Waals surface area (Å²) >= 11 is 0. The number of hydrogen-bond acceptors (Lipinski definition) is 9. The maximum atomic E-state index is 11.7. The zero-order valence-corrected chi connectivity index (χ0v) is 27.6. The van der Waals surface area contributed by atoms with E-state index in [4.69, 9.17) is 14.6 Å². The summed E-state index contributed by atoms with van der Waals surface area (Å²) in [6, 6.07) is 8.89. The van der Waals surface area contributed by atoms with Crippen LogP contribution in [0.25, 0.3) is 5.76 Å². The number of benzene rings is 1. The van der Waals surface area contributed by atoms with Crippen LogP contribution in [-0.2, 0) is 14.3 Å². The Morgan fingerprint density at radius 3 is 2.02 bits per heavy atom. The van der Waals surface area contributed by atoms with Gasteiger partial charge in [-0.2, -0.15) is 0 Å². The van der Waals surface area contributed by atoms with E-state index in [2.05, 4.69) is 39.5 Å². The summed E-state index contributed by atoms with van der Waals surface area (Å²) in [5.74, 6) is 1.03. The summed E-state index contributed by atoms with van der Waals surface area (Å²) in [6.45, 7) is 18.0. The van der Waals surface area contributed by atoms with E-state index < -0.39 is 12.3 Å². The molecule has 2 unspecified atom stereocenters. The van der Waals surface area contributed by atoms with Crippen molar-refractivity contribution >= 4 is 35.5 Å². The summed E-state index contributed by atoms with van der Waals surface area (Å²) in [7, 11) is 1.50. The molecule has 0 bridgehead atoms. The number of aliphatic hydroxyl groups excluding tert-OH is 1. The molecule has 1 aromatic heterocycles. The van der Waals surface area contributed by atoms with Crippen LogP contribution in [0.4, 0.5) is 16.4 Å². The molecule has 11 nitrogen and oxygen atoms in total. The quantitative estimate of drug-likeness (QED) is 0.132. The normalized spacial score (nSPS) is 12.3. The second-order valence-electron chi connectivity index (χ2n) is 9.30. The number of aliphatic hydroxyl groups is 1. The lowest BCUT2D eigenvalue weighted by Gasteiger charge is -2.30. The first-order chi connectivity index (χ1) is 21.1. The van der Waals surface area contributed by atoms with Crippen LogP contribution in [0.1, 0.15) is 84.3 Å². The van der Waals surface area contributed by atoms with Gasteiger partial charge in [-0.1, -0.05) is 82.5 Å². The molecule has 2 amide bonds. The van der Waals surface area contributed by atoms with Gasteiger partial charge in [0.2, 0.25) is 0 Å². The molecule has 2 aromatic rings. The second-order valence-corrected chi connectivity index (χ2v) is 9.30. The van der Waals surface area contributed by atoms with Crippen LogP contribution in [-0.4, -0.2) is 59.1 Å². The maximum absolute atomic E-state index is 11.7. The van der Waals surface area contributed by atoms with Gasteiger partial charge in [0, 0.05) is 23.9 Å². The topological polar surface area (TPSA) is 160 Å². The van der Waals surface area contributed by atoms with E-state index in [0.29, 0.717) is 30.2 Å². The average Bonchev–Trinajstić information content (AvgIpc) is 3.61. The number of amides is 2. The molecule has 3 rings (SSSR count). The third kappa shape index (κ3) is 17.8. The molecule has 44 heavy (non-hydrogen) atoms. The first kappa shape index (κ1) is 42.0. The van der Waals surface area contributed by atoms with Crippen molar-refractivity contribution in [2.45, 2.75) is 92.4 Å². The number of nitrogens with one attached hydrogen (secondary N) is 2. The van der Waals surface area contributed by atoms with Crippen molar-refractivity contribution in [1.29, 1.82) is 0 Å². The number of hydrogen-bond donors (Lipinski definition) is 4. The van der Waals surface area contributed by atoms with Crippen LogP contribution >= 0.6 is 0 Å². The first-order valence-electron chi connectivity index (χ1n) is 14.9. The van der Waals surface area contributed by atoms with Crippen LogP contribution in [0.15, 0.2) is 56.0 Å². The molecule has 1 aliphatic carbocycles. The number of nitrogens with two attached hydrogens (primary N) is 1. The largest absolute Gasteiger partial charge is 0.508 e. The van der Waals surface area contributed by atoms with Crippen LogP contribution in [0.5, 0.6) is 0 Å². The van der Waals surface area contributed by atoms with E-state index in [-0.39, 0.29) is 17.6 Å². The zero-order valence-electron chi connectivity index (χ0n) is 27.6. The van der Waals surface area contributed by atoms with E-state index in [1.54, 1.807) is 18.0 Å². The number of carbonyl (C=O) groups excluding carboxylic acids is 3. The Kier molecular flexibility index (Phi) is 25.4. The van der Waals surface area contributed by atoms with Crippen molar-refractivity contribution in [2.75, 3.05) is 23.8 Å². The lowest BCUT2D eigenvalue weighted by Crippen LogP contribution is -2.37. The predicted octanol–water partition coefficient (Wildman–Crippen LogP) is 6.55. The van der Waals surface area contributed by atoms with Crippen LogP contribution in [0.3, 0.4) is 0 Å². The molecule has 0 saturated heterocycles. The predicted molar refractivity (Wildman–Crippen MR) is 180 cm³/mol.